The Morgan fingerprint density at radius 2 is 1.88 bits per heavy atom. The van der Waals surface area contributed by atoms with E-state index in [1.54, 1.807) is 7.11 Å². The zero-order valence-electron chi connectivity index (χ0n) is 11.1. The molecule has 92 valence electrons. The predicted octanol–water partition coefficient (Wildman–Crippen LogP) is 2.31. The van der Waals surface area contributed by atoms with Gasteiger partial charge >= 0.3 is 0 Å². The van der Waals surface area contributed by atoms with Crippen LogP contribution >= 0.6 is 0 Å². The van der Waals surface area contributed by atoms with Crippen LogP contribution < -0.4 is 4.74 Å². The van der Waals surface area contributed by atoms with E-state index >= 15 is 0 Å². The van der Waals surface area contributed by atoms with Crippen molar-refractivity contribution in [1.82, 2.24) is 4.90 Å². The smallest absolute Gasteiger partial charge is 0.124 e. The van der Waals surface area contributed by atoms with Crippen LogP contribution in [0.2, 0.25) is 0 Å². The molecule has 17 heavy (non-hydrogen) atoms. The van der Waals surface area contributed by atoms with Gasteiger partial charge in [0.15, 0.2) is 0 Å². The summed E-state index contributed by atoms with van der Waals surface area (Å²) in [6.07, 6.45) is 0.962. The zero-order chi connectivity index (χ0) is 12.8. The minimum absolute atomic E-state index is 0.480. The Morgan fingerprint density at radius 3 is 2.35 bits per heavy atom. The Labute approximate surface area is 104 Å². The maximum Gasteiger partial charge on any atom is 0.124 e. The number of hydrogen-bond donors (Lipinski definition) is 0. The van der Waals surface area contributed by atoms with Gasteiger partial charge in [0.2, 0.25) is 0 Å². The lowest BCUT2D eigenvalue weighted by atomic mass is 10.0. The minimum Gasteiger partial charge on any atom is -0.496 e. The highest BCUT2D eigenvalue weighted by Crippen LogP contribution is 2.24. The number of benzene rings is 1. The molecule has 0 N–H and O–H groups in total. The van der Waals surface area contributed by atoms with Crippen molar-refractivity contribution < 1.29 is 4.74 Å². The average Bonchev–Trinajstić information content (AvgIpc) is 2.26. The molecule has 0 bridgehead atoms. The van der Waals surface area contributed by atoms with E-state index in [2.05, 4.69) is 32.0 Å². The molecule has 0 spiro atoms. The van der Waals surface area contributed by atoms with E-state index in [4.69, 9.17) is 10.00 Å². The highest BCUT2D eigenvalue weighted by molar-refractivity contribution is 5.43. The lowest BCUT2D eigenvalue weighted by Crippen LogP contribution is -2.21. The molecule has 0 aliphatic heterocycles. The van der Waals surface area contributed by atoms with Gasteiger partial charge in [-0.25, -0.2) is 0 Å². The first-order valence-corrected chi connectivity index (χ1v) is 5.78. The Hall–Kier alpha value is -1.53. The molecule has 0 unspecified atom stereocenters. The summed E-state index contributed by atoms with van der Waals surface area (Å²) in [6.45, 7) is 5.51. The van der Waals surface area contributed by atoms with Crippen LogP contribution in [-0.2, 0) is 6.42 Å². The van der Waals surface area contributed by atoms with Gasteiger partial charge in [-0.2, -0.15) is 5.26 Å². The zero-order valence-corrected chi connectivity index (χ0v) is 11.1. The summed E-state index contributed by atoms with van der Waals surface area (Å²) in [6, 6.07) is 6.47. The fourth-order valence-corrected chi connectivity index (χ4v) is 2.03. The van der Waals surface area contributed by atoms with Gasteiger partial charge in [-0.1, -0.05) is 12.1 Å². The van der Waals surface area contributed by atoms with E-state index in [9.17, 15) is 0 Å². The van der Waals surface area contributed by atoms with Gasteiger partial charge in [0.25, 0.3) is 0 Å². The number of hydrogen-bond acceptors (Lipinski definition) is 3. The predicted molar refractivity (Wildman–Crippen MR) is 69.3 cm³/mol. The molecule has 0 heterocycles. The third kappa shape index (κ3) is 3.76. The third-order valence-corrected chi connectivity index (χ3v) is 2.85. The highest BCUT2D eigenvalue weighted by Gasteiger charge is 2.06. The Morgan fingerprint density at radius 1 is 1.29 bits per heavy atom. The van der Waals surface area contributed by atoms with Crippen LogP contribution in [0, 0.1) is 25.2 Å². The second-order valence-corrected chi connectivity index (χ2v) is 4.41. The number of nitrogens with zero attached hydrogens (tertiary/aromatic N) is 2. The van der Waals surface area contributed by atoms with Crippen LogP contribution in [0.1, 0.15) is 16.7 Å². The molecule has 3 heteroatoms. The first-order valence-electron chi connectivity index (χ1n) is 5.78. The molecule has 1 aromatic rings. The number of nitriles is 1. The van der Waals surface area contributed by atoms with E-state index in [0.29, 0.717) is 6.54 Å². The molecule has 0 fully saturated rings. The molecule has 3 nitrogen and oxygen atoms in total. The lowest BCUT2D eigenvalue weighted by Gasteiger charge is -2.14. The molecule has 0 saturated carbocycles. The quantitative estimate of drug-likeness (QED) is 0.731. The van der Waals surface area contributed by atoms with E-state index in [-0.39, 0.29) is 0 Å². The SMILES string of the molecule is COc1c(C)cc(CCN(C)CC#N)cc1C. The van der Waals surface area contributed by atoms with Crippen LogP contribution in [-0.4, -0.2) is 32.1 Å². The summed E-state index contributed by atoms with van der Waals surface area (Å²) in [4.78, 5) is 2.02. The molecule has 1 rings (SSSR count). The molecule has 1 aromatic carbocycles. The van der Waals surface area contributed by atoms with Crippen LogP contribution in [0.4, 0.5) is 0 Å². The van der Waals surface area contributed by atoms with Crippen LogP contribution in [0.3, 0.4) is 0 Å². The van der Waals surface area contributed by atoms with E-state index < -0.39 is 0 Å². The average molecular weight is 232 g/mol. The summed E-state index contributed by atoms with van der Waals surface area (Å²) >= 11 is 0. The number of ether oxygens (including phenoxy) is 1. The van der Waals surface area contributed by atoms with Crippen molar-refractivity contribution in [2.75, 3.05) is 27.2 Å². The van der Waals surface area contributed by atoms with Gasteiger partial charge in [0, 0.05) is 6.54 Å². The topological polar surface area (TPSA) is 36.3 Å². The fourth-order valence-electron chi connectivity index (χ4n) is 2.03. The van der Waals surface area contributed by atoms with Crippen molar-refractivity contribution in [3.05, 3.63) is 28.8 Å². The summed E-state index contributed by atoms with van der Waals surface area (Å²) in [5.74, 6) is 0.971. The number of aryl methyl sites for hydroxylation is 2. The highest BCUT2D eigenvalue weighted by atomic mass is 16.5. The Balaban J connectivity index is 2.71. The maximum absolute atomic E-state index is 8.58. The standard InChI is InChI=1S/C14H20N2O/c1-11-9-13(5-7-16(3)8-6-15)10-12(2)14(11)17-4/h9-10H,5,7-8H2,1-4H3. The second-order valence-electron chi connectivity index (χ2n) is 4.41. The van der Waals surface area contributed by atoms with Crippen LogP contribution in [0.25, 0.3) is 0 Å². The normalized spacial score (nSPS) is 10.4. The summed E-state index contributed by atoms with van der Waals surface area (Å²) in [7, 11) is 3.67. The van der Waals surface area contributed by atoms with E-state index in [0.717, 1.165) is 18.7 Å². The third-order valence-electron chi connectivity index (χ3n) is 2.85. The lowest BCUT2D eigenvalue weighted by molar-refractivity contribution is 0.378. The monoisotopic (exact) mass is 232 g/mol. The summed E-state index contributed by atoms with van der Waals surface area (Å²) in [5, 5.41) is 8.58. The van der Waals surface area contributed by atoms with Crippen molar-refractivity contribution in [2.24, 2.45) is 0 Å². The number of methoxy groups -OCH3 is 1. The fraction of sp³-hybridized carbons (Fsp3) is 0.500. The molecule has 0 aliphatic carbocycles. The van der Waals surface area contributed by atoms with E-state index in [1.807, 2.05) is 11.9 Å². The van der Waals surface area contributed by atoms with Gasteiger partial charge in [0.05, 0.1) is 19.7 Å². The van der Waals surface area contributed by atoms with E-state index in [1.165, 1.54) is 16.7 Å². The summed E-state index contributed by atoms with van der Waals surface area (Å²) in [5.41, 5.74) is 3.64. The first-order chi connectivity index (χ1) is 8.08. The van der Waals surface area contributed by atoms with Gasteiger partial charge in [0.1, 0.15) is 5.75 Å². The largest absolute Gasteiger partial charge is 0.496 e. The Bertz CT molecular complexity index is 398. The second kappa shape index (κ2) is 6.27. The van der Waals surface area contributed by atoms with Gasteiger partial charge in [-0.05, 0) is 44.0 Å². The molecule has 0 aromatic heterocycles. The molecule has 0 saturated heterocycles. The van der Waals surface area contributed by atoms with Crippen molar-refractivity contribution in [2.45, 2.75) is 20.3 Å². The van der Waals surface area contributed by atoms with Crippen molar-refractivity contribution >= 4 is 0 Å². The van der Waals surface area contributed by atoms with Crippen molar-refractivity contribution in [3.63, 3.8) is 0 Å². The molecule has 0 aliphatic rings. The van der Waals surface area contributed by atoms with Crippen LogP contribution in [0.15, 0.2) is 12.1 Å². The van der Waals surface area contributed by atoms with Gasteiger partial charge in [-0.15, -0.1) is 0 Å². The Kier molecular flexibility index (Phi) is 4.99. The van der Waals surface area contributed by atoms with Gasteiger partial charge in [-0.3, -0.25) is 4.90 Å². The molecule has 0 amide bonds. The summed E-state index contributed by atoms with van der Waals surface area (Å²) < 4.78 is 5.34. The first kappa shape index (κ1) is 13.5. The molecule has 0 atom stereocenters. The molecular weight excluding hydrogens is 212 g/mol. The van der Waals surface area contributed by atoms with Crippen LogP contribution in [0.5, 0.6) is 5.75 Å². The van der Waals surface area contributed by atoms with Crippen molar-refractivity contribution in [1.29, 1.82) is 5.26 Å². The van der Waals surface area contributed by atoms with Crippen molar-refractivity contribution in [3.8, 4) is 11.8 Å². The molecule has 0 radical (unpaired) electrons. The molecular formula is C14H20N2O. The number of rotatable bonds is 5. The minimum atomic E-state index is 0.480. The maximum atomic E-state index is 8.58. The number of likely N-dealkylation sites (N-methyl/N-ethyl adjacent to an activating group) is 1. The van der Waals surface area contributed by atoms with Gasteiger partial charge < -0.3 is 4.74 Å².